The standard InChI is InChI=1S/C16H14F3NO4/c1-22-12-7-8-13(14(9-12)23-2)15(21)20-10-3-5-11(6-4-10)24-16(17,18)19/h3-9H,1-2H3,(H,20,21). The van der Waals surface area contributed by atoms with Gasteiger partial charge in [-0.2, -0.15) is 0 Å². The number of anilines is 1. The van der Waals surface area contributed by atoms with Gasteiger partial charge >= 0.3 is 6.36 Å². The molecule has 0 bridgehead atoms. The van der Waals surface area contributed by atoms with Gasteiger partial charge < -0.3 is 19.5 Å². The molecule has 0 aliphatic rings. The van der Waals surface area contributed by atoms with Crippen LogP contribution in [0.15, 0.2) is 42.5 Å². The van der Waals surface area contributed by atoms with E-state index in [1.807, 2.05) is 0 Å². The van der Waals surface area contributed by atoms with E-state index in [0.717, 1.165) is 12.1 Å². The molecule has 0 saturated heterocycles. The van der Waals surface area contributed by atoms with Gasteiger partial charge in [-0.25, -0.2) is 0 Å². The topological polar surface area (TPSA) is 56.8 Å². The van der Waals surface area contributed by atoms with E-state index in [0.29, 0.717) is 17.2 Å². The Labute approximate surface area is 135 Å². The van der Waals surface area contributed by atoms with Gasteiger partial charge in [-0.05, 0) is 36.4 Å². The van der Waals surface area contributed by atoms with Crippen molar-refractivity contribution in [3.8, 4) is 17.2 Å². The Hall–Kier alpha value is -2.90. The van der Waals surface area contributed by atoms with E-state index < -0.39 is 12.3 Å². The molecule has 1 N–H and O–H groups in total. The van der Waals surface area contributed by atoms with Crippen molar-refractivity contribution in [1.82, 2.24) is 0 Å². The van der Waals surface area contributed by atoms with Crippen LogP contribution in [0.3, 0.4) is 0 Å². The van der Waals surface area contributed by atoms with Crippen molar-refractivity contribution in [3.05, 3.63) is 48.0 Å². The van der Waals surface area contributed by atoms with Crippen LogP contribution in [0, 0.1) is 0 Å². The third-order valence-electron chi connectivity index (χ3n) is 3.00. The number of hydrogen-bond acceptors (Lipinski definition) is 4. The van der Waals surface area contributed by atoms with Crippen molar-refractivity contribution in [2.24, 2.45) is 0 Å². The minimum Gasteiger partial charge on any atom is -0.497 e. The van der Waals surface area contributed by atoms with Gasteiger partial charge in [0.05, 0.1) is 19.8 Å². The number of amides is 1. The van der Waals surface area contributed by atoms with E-state index in [1.54, 1.807) is 12.1 Å². The zero-order valence-corrected chi connectivity index (χ0v) is 12.8. The molecule has 24 heavy (non-hydrogen) atoms. The molecule has 5 nitrogen and oxygen atoms in total. The van der Waals surface area contributed by atoms with Crippen molar-refractivity contribution in [1.29, 1.82) is 0 Å². The number of carbonyl (C=O) groups excluding carboxylic acids is 1. The smallest absolute Gasteiger partial charge is 0.497 e. The Morgan fingerprint density at radius 1 is 0.958 bits per heavy atom. The Bertz CT molecular complexity index is 714. The molecular weight excluding hydrogens is 327 g/mol. The van der Waals surface area contributed by atoms with Crippen molar-refractivity contribution in [2.45, 2.75) is 6.36 Å². The van der Waals surface area contributed by atoms with Gasteiger partial charge in [-0.1, -0.05) is 0 Å². The predicted octanol–water partition coefficient (Wildman–Crippen LogP) is 3.85. The van der Waals surface area contributed by atoms with Gasteiger partial charge in [0.2, 0.25) is 0 Å². The van der Waals surface area contributed by atoms with Gasteiger partial charge in [-0.15, -0.1) is 13.2 Å². The summed E-state index contributed by atoms with van der Waals surface area (Å²) in [6, 6.07) is 9.48. The molecule has 2 aromatic carbocycles. The highest BCUT2D eigenvalue weighted by Gasteiger charge is 2.31. The summed E-state index contributed by atoms with van der Waals surface area (Å²) in [5.74, 6) is -0.0116. The van der Waals surface area contributed by atoms with Crippen LogP contribution >= 0.6 is 0 Å². The quantitative estimate of drug-likeness (QED) is 0.897. The molecule has 0 saturated carbocycles. The predicted molar refractivity (Wildman–Crippen MR) is 80.6 cm³/mol. The van der Waals surface area contributed by atoms with Gasteiger partial charge in [0.15, 0.2) is 0 Å². The van der Waals surface area contributed by atoms with Crippen molar-refractivity contribution >= 4 is 11.6 Å². The van der Waals surface area contributed by atoms with Crippen LogP contribution in [-0.4, -0.2) is 26.5 Å². The molecule has 2 rings (SSSR count). The summed E-state index contributed by atoms with van der Waals surface area (Å²) < 4.78 is 50.2. The second-order valence-corrected chi connectivity index (χ2v) is 4.59. The average molecular weight is 341 g/mol. The second-order valence-electron chi connectivity index (χ2n) is 4.59. The van der Waals surface area contributed by atoms with E-state index in [2.05, 4.69) is 10.1 Å². The molecule has 0 aromatic heterocycles. The highest BCUT2D eigenvalue weighted by Crippen LogP contribution is 2.27. The number of nitrogens with one attached hydrogen (secondary N) is 1. The largest absolute Gasteiger partial charge is 0.573 e. The summed E-state index contributed by atoms with van der Waals surface area (Å²) in [4.78, 5) is 12.3. The normalized spacial score (nSPS) is 10.9. The maximum Gasteiger partial charge on any atom is 0.573 e. The van der Waals surface area contributed by atoms with Crippen molar-refractivity contribution in [3.63, 3.8) is 0 Å². The fourth-order valence-corrected chi connectivity index (χ4v) is 1.92. The summed E-state index contributed by atoms with van der Waals surface area (Å²) in [7, 11) is 2.90. The number of methoxy groups -OCH3 is 2. The molecule has 2 aromatic rings. The number of halogens is 3. The Kier molecular flexibility index (Phi) is 5.18. The zero-order chi connectivity index (χ0) is 17.7. The maximum absolute atomic E-state index is 12.3. The molecule has 0 spiro atoms. The highest BCUT2D eigenvalue weighted by molar-refractivity contribution is 6.06. The van der Waals surface area contributed by atoms with E-state index in [9.17, 15) is 18.0 Å². The lowest BCUT2D eigenvalue weighted by Crippen LogP contribution is -2.17. The zero-order valence-electron chi connectivity index (χ0n) is 12.8. The van der Waals surface area contributed by atoms with Gasteiger partial charge in [0, 0.05) is 11.8 Å². The summed E-state index contributed by atoms with van der Waals surface area (Å²) in [6.07, 6.45) is -4.76. The van der Waals surface area contributed by atoms with E-state index in [-0.39, 0.29) is 11.3 Å². The highest BCUT2D eigenvalue weighted by atomic mass is 19.4. The lowest BCUT2D eigenvalue weighted by atomic mass is 10.1. The Morgan fingerprint density at radius 3 is 2.12 bits per heavy atom. The lowest BCUT2D eigenvalue weighted by molar-refractivity contribution is -0.274. The van der Waals surface area contributed by atoms with Crippen LogP contribution in [0.4, 0.5) is 18.9 Å². The molecular formula is C16H14F3NO4. The number of hydrogen-bond donors (Lipinski definition) is 1. The first-order valence-corrected chi connectivity index (χ1v) is 6.71. The van der Waals surface area contributed by atoms with Crippen LogP contribution in [0.5, 0.6) is 17.2 Å². The Morgan fingerprint density at radius 2 is 1.58 bits per heavy atom. The first-order chi connectivity index (χ1) is 11.3. The minimum absolute atomic E-state index is 0.258. The second kappa shape index (κ2) is 7.12. The average Bonchev–Trinajstić information content (AvgIpc) is 2.54. The molecule has 0 radical (unpaired) electrons. The summed E-state index contributed by atoms with van der Waals surface area (Å²) in [6.45, 7) is 0. The third-order valence-corrected chi connectivity index (χ3v) is 3.00. The molecule has 0 aliphatic carbocycles. The number of alkyl halides is 3. The molecule has 1 amide bonds. The van der Waals surface area contributed by atoms with Crippen LogP contribution in [0.1, 0.15) is 10.4 Å². The number of rotatable bonds is 5. The van der Waals surface area contributed by atoms with Crippen molar-refractivity contribution < 1.29 is 32.2 Å². The molecule has 0 unspecified atom stereocenters. The first kappa shape index (κ1) is 17.5. The van der Waals surface area contributed by atoms with Crippen LogP contribution in [0.2, 0.25) is 0 Å². The van der Waals surface area contributed by atoms with E-state index >= 15 is 0 Å². The van der Waals surface area contributed by atoms with Crippen LogP contribution < -0.4 is 19.5 Å². The van der Waals surface area contributed by atoms with Gasteiger partial charge in [0.25, 0.3) is 5.91 Å². The number of carbonyl (C=O) groups is 1. The number of ether oxygens (including phenoxy) is 3. The fourth-order valence-electron chi connectivity index (χ4n) is 1.92. The van der Waals surface area contributed by atoms with Crippen LogP contribution in [-0.2, 0) is 0 Å². The summed E-state index contributed by atoms with van der Waals surface area (Å²) in [5.41, 5.74) is 0.571. The molecule has 0 atom stereocenters. The summed E-state index contributed by atoms with van der Waals surface area (Å²) >= 11 is 0. The molecule has 0 heterocycles. The molecule has 0 fully saturated rings. The maximum atomic E-state index is 12.3. The molecule has 8 heteroatoms. The molecule has 128 valence electrons. The molecule has 0 aliphatic heterocycles. The summed E-state index contributed by atoms with van der Waals surface area (Å²) in [5, 5.41) is 2.56. The first-order valence-electron chi connectivity index (χ1n) is 6.71. The fraction of sp³-hybridized carbons (Fsp3) is 0.188. The van der Waals surface area contributed by atoms with Gasteiger partial charge in [0.1, 0.15) is 17.2 Å². The van der Waals surface area contributed by atoms with E-state index in [4.69, 9.17) is 9.47 Å². The van der Waals surface area contributed by atoms with Crippen molar-refractivity contribution in [2.75, 3.05) is 19.5 Å². The van der Waals surface area contributed by atoms with Crippen LogP contribution in [0.25, 0.3) is 0 Å². The Balaban J connectivity index is 2.12. The van der Waals surface area contributed by atoms with Gasteiger partial charge in [-0.3, -0.25) is 4.79 Å². The SMILES string of the molecule is COc1ccc(C(=O)Nc2ccc(OC(F)(F)F)cc2)c(OC)c1. The number of benzene rings is 2. The minimum atomic E-state index is -4.76. The third kappa shape index (κ3) is 4.55. The monoisotopic (exact) mass is 341 g/mol. The lowest BCUT2D eigenvalue weighted by Gasteiger charge is -2.12. The van der Waals surface area contributed by atoms with E-state index in [1.165, 1.54) is 32.4 Å².